The van der Waals surface area contributed by atoms with Crippen LogP contribution in [0.5, 0.6) is 11.5 Å². The number of nitriles is 1. The predicted octanol–water partition coefficient (Wildman–Crippen LogP) is 3.65. The Morgan fingerprint density at radius 1 is 0.917 bits per heavy atom. The smallest absolute Gasteiger partial charge is 0.457 e. The zero-order valence-electron chi connectivity index (χ0n) is 14.4. The lowest BCUT2D eigenvalue weighted by Crippen LogP contribution is -2.41. The van der Waals surface area contributed by atoms with E-state index in [0.717, 1.165) is 5.46 Å². The van der Waals surface area contributed by atoms with Crippen LogP contribution >= 0.6 is 0 Å². The molecule has 0 amide bonds. The number of hydrogen-bond acceptors (Lipinski definition) is 4. The number of nitrogens with zero attached hydrogens (tertiary/aromatic N) is 1. The molecule has 0 aromatic heterocycles. The van der Waals surface area contributed by atoms with Crippen molar-refractivity contribution in [2.75, 3.05) is 0 Å². The van der Waals surface area contributed by atoms with Gasteiger partial charge < -0.3 is 14.0 Å². The van der Waals surface area contributed by atoms with Crippen LogP contribution in [-0.2, 0) is 9.31 Å². The van der Waals surface area contributed by atoms with Gasteiger partial charge in [0.15, 0.2) is 0 Å². The highest BCUT2D eigenvalue weighted by Crippen LogP contribution is 2.36. The molecular weight excluding hydrogens is 301 g/mol. The van der Waals surface area contributed by atoms with Crippen molar-refractivity contribution in [3.63, 3.8) is 0 Å². The van der Waals surface area contributed by atoms with E-state index >= 15 is 0 Å². The lowest BCUT2D eigenvalue weighted by Gasteiger charge is -2.32. The Labute approximate surface area is 143 Å². The molecule has 2 aromatic carbocycles. The number of hydrogen-bond donors (Lipinski definition) is 0. The molecule has 0 spiro atoms. The van der Waals surface area contributed by atoms with E-state index in [1.807, 2.05) is 52.0 Å². The van der Waals surface area contributed by atoms with Crippen molar-refractivity contribution >= 4 is 12.6 Å². The maximum Gasteiger partial charge on any atom is 0.494 e. The molecule has 1 fully saturated rings. The fourth-order valence-corrected chi connectivity index (χ4v) is 2.44. The Balaban J connectivity index is 1.79. The van der Waals surface area contributed by atoms with Crippen LogP contribution < -0.4 is 10.2 Å². The molecule has 1 aliphatic heterocycles. The molecule has 2 aromatic rings. The number of rotatable bonds is 3. The van der Waals surface area contributed by atoms with Crippen LogP contribution in [0.15, 0.2) is 48.5 Å². The third-order valence-corrected chi connectivity index (χ3v) is 4.60. The molecule has 0 N–H and O–H groups in total. The number of benzene rings is 2. The zero-order valence-corrected chi connectivity index (χ0v) is 14.4. The fourth-order valence-electron chi connectivity index (χ4n) is 2.44. The van der Waals surface area contributed by atoms with E-state index in [9.17, 15) is 0 Å². The Morgan fingerprint density at radius 2 is 1.54 bits per heavy atom. The molecule has 4 nitrogen and oxygen atoms in total. The van der Waals surface area contributed by atoms with Gasteiger partial charge >= 0.3 is 7.12 Å². The van der Waals surface area contributed by atoms with Crippen LogP contribution in [0, 0.1) is 11.3 Å². The fraction of sp³-hybridized carbons (Fsp3) is 0.316. The summed E-state index contributed by atoms with van der Waals surface area (Å²) in [7, 11) is -0.417. The molecule has 0 saturated carbocycles. The van der Waals surface area contributed by atoms with Crippen molar-refractivity contribution in [2.24, 2.45) is 0 Å². The zero-order chi connectivity index (χ0) is 17.4. The highest BCUT2D eigenvalue weighted by Gasteiger charge is 2.51. The van der Waals surface area contributed by atoms with Crippen LogP contribution in [0.25, 0.3) is 0 Å². The first kappa shape index (κ1) is 16.6. The monoisotopic (exact) mass is 321 g/mol. The third kappa shape index (κ3) is 3.16. The van der Waals surface area contributed by atoms with Gasteiger partial charge in [-0.3, -0.25) is 0 Å². The van der Waals surface area contributed by atoms with E-state index in [0.29, 0.717) is 17.1 Å². The molecule has 24 heavy (non-hydrogen) atoms. The van der Waals surface area contributed by atoms with Gasteiger partial charge in [-0.15, -0.1) is 0 Å². The summed E-state index contributed by atoms with van der Waals surface area (Å²) in [6.45, 7) is 8.13. The molecule has 0 bridgehead atoms. The van der Waals surface area contributed by atoms with Crippen molar-refractivity contribution < 1.29 is 14.0 Å². The van der Waals surface area contributed by atoms with E-state index in [1.165, 1.54) is 0 Å². The molecule has 0 unspecified atom stereocenters. The van der Waals surface area contributed by atoms with Gasteiger partial charge in [0.05, 0.1) is 22.8 Å². The Morgan fingerprint density at radius 3 is 2.12 bits per heavy atom. The number of ether oxygens (including phenoxy) is 1. The highest BCUT2D eigenvalue weighted by atomic mass is 16.7. The lowest BCUT2D eigenvalue weighted by molar-refractivity contribution is 0.00578. The third-order valence-electron chi connectivity index (χ3n) is 4.60. The van der Waals surface area contributed by atoms with E-state index in [1.54, 1.807) is 24.3 Å². The normalized spacial score (nSPS) is 18.2. The van der Waals surface area contributed by atoms with Gasteiger partial charge in [-0.05, 0) is 69.6 Å². The Hall–Kier alpha value is -2.29. The minimum atomic E-state index is -0.417. The van der Waals surface area contributed by atoms with E-state index in [2.05, 4.69) is 6.07 Å². The van der Waals surface area contributed by atoms with Crippen molar-refractivity contribution in [3.05, 3.63) is 54.1 Å². The molecule has 5 heteroatoms. The van der Waals surface area contributed by atoms with E-state index < -0.39 is 7.12 Å². The van der Waals surface area contributed by atoms with Crippen molar-refractivity contribution in [2.45, 2.75) is 38.9 Å². The minimum absolute atomic E-state index is 0.373. The molecule has 0 radical (unpaired) electrons. The van der Waals surface area contributed by atoms with Gasteiger partial charge in [-0.2, -0.15) is 5.26 Å². The first-order chi connectivity index (χ1) is 11.3. The van der Waals surface area contributed by atoms with E-state index in [-0.39, 0.29) is 11.2 Å². The minimum Gasteiger partial charge on any atom is -0.457 e. The molecule has 0 atom stereocenters. The second-order valence-corrected chi connectivity index (χ2v) is 6.90. The molecule has 0 aliphatic carbocycles. The standard InChI is InChI=1S/C19H20BNO3/c1-18(2)19(3,4)24-20(23-18)15-6-5-7-17(12-15)22-16-10-8-14(13-21)9-11-16/h5-12H,1-4H3. The Kier molecular flexibility index (Phi) is 4.12. The second kappa shape index (κ2) is 5.97. The highest BCUT2D eigenvalue weighted by molar-refractivity contribution is 6.62. The predicted molar refractivity (Wildman–Crippen MR) is 93.4 cm³/mol. The van der Waals surface area contributed by atoms with Crippen LogP contribution in [0.4, 0.5) is 0 Å². The maximum atomic E-state index is 8.84. The van der Waals surface area contributed by atoms with Crippen LogP contribution in [-0.4, -0.2) is 18.3 Å². The topological polar surface area (TPSA) is 51.5 Å². The maximum absolute atomic E-state index is 8.84. The van der Waals surface area contributed by atoms with Gasteiger partial charge in [0.25, 0.3) is 0 Å². The van der Waals surface area contributed by atoms with Crippen LogP contribution in [0.3, 0.4) is 0 Å². The summed E-state index contributed by atoms with van der Waals surface area (Å²) in [6, 6.07) is 16.8. The van der Waals surface area contributed by atoms with Gasteiger partial charge in [0.1, 0.15) is 11.5 Å². The van der Waals surface area contributed by atoms with Crippen LogP contribution in [0.1, 0.15) is 33.3 Å². The summed E-state index contributed by atoms with van der Waals surface area (Å²) in [4.78, 5) is 0. The molecule has 1 aliphatic rings. The molecule has 1 saturated heterocycles. The quantitative estimate of drug-likeness (QED) is 0.810. The van der Waals surface area contributed by atoms with Crippen LogP contribution in [0.2, 0.25) is 0 Å². The largest absolute Gasteiger partial charge is 0.494 e. The molecule has 3 rings (SSSR count). The first-order valence-corrected chi connectivity index (χ1v) is 7.94. The first-order valence-electron chi connectivity index (χ1n) is 7.94. The average Bonchev–Trinajstić information content (AvgIpc) is 2.76. The SMILES string of the molecule is CC1(C)OB(c2cccc(Oc3ccc(C#N)cc3)c2)OC1(C)C. The van der Waals surface area contributed by atoms with Crippen molar-refractivity contribution in [1.82, 2.24) is 0 Å². The second-order valence-electron chi connectivity index (χ2n) is 6.90. The lowest BCUT2D eigenvalue weighted by atomic mass is 9.79. The molecule has 122 valence electrons. The van der Waals surface area contributed by atoms with Gasteiger partial charge in [0, 0.05) is 0 Å². The summed E-state index contributed by atoms with van der Waals surface area (Å²) in [5, 5.41) is 8.84. The van der Waals surface area contributed by atoms with Crippen molar-refractivity contribution in [1.29, 1.82) is 5.26 Å². The molecule has 1 heterocycles. The summed E-state index contributed by atoms with van der Waals surface area (Å²) in [5.41, 5.74) is 0.775. The summed E-state index contributed by atoms with van der Waals surface area (Å²) in [6.07, 6.45) is 0. The van der Waals surface area contributed by atoms with Crippen molar-refractivity contribution in [3.8, 4) is 17.6 Å². The summed E-state index contributed by atoms with van der Waals surface area (Å²) >= 11 is 0. The van der Waals surface area contributed by atoms with E-state index in [4.69, 9.17) is 19.3 Å². The summed E-state index contributed by atoms with van der Waals surface area (Å²) < 4.78 is 18.0. The van der Waals surface area contributed by atoms with Gasteiger partial charge in [-0.25, -0.2) is 0 Å². The van der Waals surface area contributed by atoms with Gasteiger partial charge in [0.2, 0.25) is 0 Å². The summed E-state index contributed by atoms with van der Waals surface area (Å²) in [5.74, 6) is 1.38. The average molecular weight is 321 g/mol. The molecular formula is C19H20BNO3. The Bertz CT molecular complexity index is 762. The van der Waals surface area contributed by atoms with Gasteiger partial charge in [-0.1, -0.05) is 12.1 Å².